The van der Waals surface area contributed by atoms with Crippen LogP contribution in [-0.2, 0) is 0 Å². The fourth-order valence-electron chi connectivity index (χ4n) is 1.27. The van der Waals surface area contributed by atoms with Gasteiger partial charge in [-0.3, -0.25) is 10.1 Å². The first-order chi connectivity index (χ1) is 9.11. The van der Waals surface area contributed by atoms with Crippen molar-refractivity contribution in [2.75, 3.05) is 0 Å². The average Bonchev–Trinajstić information content (AvgIpc) is 2.41. The van der Waals surface area contributed by atoms with Gasteiger partial charge in [-0.1, -0.05) is 17.7 Å². The molecule has 19 heavy (non-hydrogen) atoms. The highest BCUT2D eigenvalue weighted by molar-refractivity contribution is 6.32. The number of benzene rings is 1. The van der Waals surface area contributed by atoms with E-state index in [0.717, 1.165) is 0 Å². The second kappa shape index (κ2) is 5.29. The molecule has 1 heterocycles. The smallest absolute Gasteiger partial charge is 0.313 e. The molecule has 0 N–H and O–H groups in total. The Kier molecular flexibility index (Phi) is 3.54. The van der Waals surface area contributed by atoms with Crippen LogP contribution in [0, 0.1) is 21.4 Å². The van der Waals surface area contributed by atoms with Gasteiger partial charge in [-0.25, -0.2) is 9.97 Å². The van der Waals surface area contributed by atoms with Crippen molar-refractivity contribution in [3.05, 3.63) is 51.4 Å². The Balaban J connectivity index is 2.37. The first-order valence-corrected chi connectivity index (χ1v) is 5.32. The standard InChI is InChI=1S/C11H5ClN4O3/c12-8-2-1-3-9(16(17)18)11(8)19-10-6-14-7(4-13)5-15-10/h1-3,5-6H. The van der Waals surface area contributed by atoms with Crippen LogP contribution < -0.4 is 4.74 Å². The summed E-state index contributed by atoms with van der Waals surface area (Å²) in [4.78, 5) is 17.8. The lowest BCUT2D eigenvalue weighted by molar-refractivity contribution is -0.385. The topological polar surface area (TPSA) is 102 Å². The van der Waals surface area contributed by atoms with Gasteiger partial charge >= 0.3 is 5.69 Å². The maximum Gasteiger partial charge on any atom is 0.313 e. The van der Waals surface area contributed by atoms with Crippen LogP contribution in [0.2, 0.25) is 5.02 Å². The van der Waals surface area contributed by atoms with Crippen molar-refractivity contribution in [1.82, 2.24) is 9.97 Å². The average molecular weight is 277 g/mol. The predicted octanol–water partition coefficient (Wildman–Crippen LogP) is 2.70. The molecule has 0 aliphatic heterocycles. The molecule has 0 unspecified atom stereocenters. The van der Waals surface area contributed by atoms with Gasteiger partial charge in [0.1, 0.15) is 6.07 Å². The van der Waals surface area contributed by atoms with E-state index in [2.05, 4.69) is 9.97 Å². The molecule has 0 bridgehead atoms. The van der Waals surface area contributed by atoms with Crippen molar-refractivity contribution < 1.29 is 9.66 Å². The number of rotatable bonds is 3. The minimum absolute atomic E-state index is 0.00944. The summed E-state index contributed by atoms with van der Waals surface area (Å²) in [5, 5.41) is 19.5. The zero-order chi connectivity index (χ0) is 13.8. The molecule has 8 heteroatoms. The third-order valence-electron chi connectivity index (χ3n) is 2.09. The van der Waals surface area contributed by atoms with E-state index in [9.17, 15) is 10.1 Å². The van der Waals surface area contributed by atoms with Crippen LogP contribution >= 0.6 is 11.6 Å². The molecular weight excluding hydrogens is 272 g/mol. The third kappa shape index (κ3) is 2.75. The lowest BCUT2D eigenvalue weighted by atomic mass is 10.3. The van der Waals surface area contributed by atoms with Crippen molar-refractivity contribution in [2.24, 2.45) is 0 Å². The van der Waals surface area contributed by atoms with E-state index in [0.29, 0.717) is 0 Å². The fraction of sp³-hybridized carbons (Fsp3) is 0. The summed E-state index contributed by atoms with van der Waals surface area (Å²) in [6.45, 7) is 0. The molecule has 0 amide bonds. The molecule has 2 rings (SSSR count). The molecular formula is C11H5ClN4O3. The maximum absolute atomic E-state index is 10.9. The van der Waals surface area contributed by atoms with E-state index in [4.69, 9.17) is 21.6 Å². The van der Waals surface area contributed by atoms with Gasteiger partial charge in [0.2, 0.25) is 11.6 Å². The van der Waals surface area contributed by atoms with E-state index in [1.54, 1.807) is 6.07 Å². The van der Waals surface area contributed by atoms with E-state index in [1.165, 1.54) is 30.6 Å². The summed E-state index contributed by atoms with van der Waals surface area (Å²) in [6.07, 6.45) is 2.38. The van der Waals surface area contributed by atoms with E-state index in [-0.39, 0.29) is 28.0 Å². The van der Waals surface area contributed by atoms with Crippen LogP contribution in [0.15, 0.2) is 30.6 Å². The molecule has 7 nitrogen and oxygen atoms in total. The van der Waals surface area contributed by atoms with Crippen LogP contribution in [0.1, 0.15) is 5.69 Å². The summed E-state index contributed by atoms with van der Waals surface area (Å²) in [6, 6.07) is 5.96. The predicted molar refractivity (Wildman–Crippen MR) is 64.9 cm³/mol. The van der Waals surface area contributed by atoms with Crippen LogP contribution in [0.25, 0.3) is 0 Å². The number of nitro groups is 1. The zero-order valence-corrected chi connectivity index (χ0v) is 10.0. The minimum Gasteiger partial charge on any atom is -0.429 e. The fourth-order valence-corrected chi connectivity index (χ4v) is 1.48. The van der Waals surface area contributed by atoms with Gasteiger partial charge < -0.3 is 4.74 Å². The highest BCUT2D eigenvalue weighted by atomic mass is 35.5. The Hall–Kier alpha value is -2.72. The Morgan fingerprint density at radius 1 is 1.37 bits per heavy atom. The number of nitrogens with zero attached hydrogens (tertiary/aromatic N) is 4. The van der Waals surface area contributed by atoms with Gasteiger partial charge in [0.25, 0.3) is 0 Å². The number of hydrogen-bond acceptors (Lipinski definition) is 6. The van der Waals surface area contributed by atoms with Crippen molar-refractivity contribution >= 4 is 17.3 Å². The summed E-state index contributed by atoms with van der Waals surface area (Å²) in [5.74, 6) is -0.108. The van der Waals surface area contributed by atoms with Crippen LogP contribution in [-0.4, -0.2) is 14.9 Å². The Labute approximate surface area is 112 Å². The number of nitriles is 1. The largest absolute Gasteiger partial charge is 0.429 e. The number of halogens is 1. The molecule has 0 aliphatic carbocycles. The van der Waals surface area contributed by atoms with Crippen LogP contribution in [0.3, 0.4) is 0 Å². The molecule has 0 fully saturated rings. The quantitative estimate of drug-likeness (QED) is 0.631. The monoisotopic (exact) mass is 276 g/mol. The minimum atomic E-state index is -0.613. The van der Waals surface area contributed by atoms with Gasteiger partial charge in [0.15, 0.2) is 5.69 Å². The van der Waals surface area contributed by atoms with Gasteiger partial charge in [-0.15, -0.1) is 0 Å². The van der Waals surface area contributed by atoms with Crippen LogP contribution in [0.5, 0.6) is 11.6 Å². The highest BCUT2D eigenvalue weighted by Gasteiger charge is 2.19. The molecule has 1 aromatic carbocycles. The molecule has 0 saturated heterocycles. The zero-order valence-electron chi connectivity index (χ0n) is 9.28. The van der Waals surface area contributed by atoms with Gasteiger partial charge in [-0.05, 0) is 6.07 Å². The molecule has 94 valence electrons. The second-order valence-electron chi connectivity index (χ2n) is 3.30. The van der Waals surface area contributed by atoms with Crippen molar-refractivity contribution in [1.29, 1.82) is 5.26 Å². The number of nitro benzene ring substituents is 1. The molecule has 0 aliphatic rings. The lowest BCUT2D eigenvalue weighted by Gasteiger charge is -2.06. The van der Waals surface area contributed by atoms with Gasteiger partial charge in [0.05, 0.1) is 22.3 Å². The summed E-state index contributed by atoms with van der Waals surface area (Å²) in [5.41, 5.74) is -0.167. The maximum atomic E-state index is 10.9. The number of hydrogen-bond donors (Lipinski definition) is 0. The third-order valence-corrected chi connectivity index (χ3v) is 2.39. The number of para-hydroxylation sites is 1. The second-order valence-corrected chi connectivity index (χ2v) is 3.71. The van der Waals surface area contributed by atoms with E-state index < -0.39 is 4.92 Å². The molecule has 1 aromatic heterocycles. The Morgan fingerprint density at radius 3 is 2.74 bits per heavy atom. The van der Waals surface area contributed by atoms with Gasteiger partial charge in [-0.2, -0.15) is 5.26 Å². The molecule has 0 spiro atoms. The van der Waals surface area contributed by atoms with Crippen molar-refractivity contribution in [3.63, 3.8) is 0 Å². The molecule has 2 aromatic rings. The first-order valence-electron chi connectivity index (χ1n) is 4.94. The number of aromatic nitrogens is 2. The summed E-state index contributed by atoms with van der Waals surface area (Å²) in [7, 11) is 0. The first kappa shape index (κ1) is 12.7. The summed E-state index contributed by atoms with van der Waals surface area (Å²) >= 11 is 5.85. The lowest BCUT2D eigenvalue weighted by Crippen LogP contribution is -1.96. The molecule has 0 radical (unpaired) electrons. The summed E-state index contributed by atoms with van der Waals surface area (Å²) < 4.78 is 5.24. The Bertz CT molecular complexity index is 667. The highest BCUT2D eigenvalue weighted by Crippen LogP contribution is 2.36. The number of ether oxygens (including phenoxy) is 1. The Morgan fingerprint density at radius 2 is 2.16 bits per heavy atom. The molecule has 0 atom stereocenters. The van der Waals surface area contributed by atoms with Crippen LogP contribution in [0.4, 0.5) is 5.69 Å². The molecule has 0 saturated carbocycles. The SMILES string of the molecule is N#Cc1cnc(Oc2c(Cl)cccc2[N+](=O)[O-])cn1. The van der Waals surface area contributed by atoms with E-state index >= 15 is 0 Å². The van der Waals surface area contributed by atoms with Crippen molar-refractivity contribution in [2.45, 2.75) is 0 Å². The van der Waals surface area contributed by atoms with E-state index in [1.807, 2.05) is 0 Å². The van der Waals surface area contributed by atoms with Crippen molar-refractivity contribution in [3.8, 4) is 17.7 Å². The van der Waals surface area contributed by atoms with Gasteiger partial charge in [0, 0.05) is 6.07 Å². The normalized spacial score (nSPS) is 9.68.